The minimum absolute atomic E-state index is 0.0232. The quantitative estimate of drug-likeness (QED) is 0.595. The Labute approximate surface area is 175 Å². The van der Waals surface area contributed by atoms with Gasteiger partial charge in [-0.2, -0.15) is 0 Å². The summed E-state index contributed by atoms with van der Waals surface area (Å²) in [5.41, 5.74) is 1.50. The molecule has 0 saturated carbocycles. The van der Waals surface area contributed by atoms with E-state index >= 15 is 0 Å². The summed E-state index contributed by atoms with van der Waals surface area (Å²) in [6.07, 6.45) is -0.0232. The van der Waals surface area contributed by atoms with Gasteiger partial charge in [0.25, 0.3) is 5.91 Å². The smallest absolute Gasteiger partial charge is 0.337 e. The Kier molecular flexibility index (Phi) is 8.68. The summed E-state index contributed by atoms with van der Waals surface area (Å²) < 4.78 is 20.6. The van der Waals surface area contributed by atoms with Crippen LogP contribution in [0.5, 0.6) is 11.5 Å². The fourth-order valence-corrected chi connectivity index (χ4v) is 2.49. The van der Waals surface area contributed by atoms with Crippen molar-refractivity contribution in [2.45, 2.75) is 20.3 Å². The van der Waals surface area contributed by atoms with Crippen molar-refractivity contribution in [3.05, 3.63) is 53.6 Å². The Balaban J connectivity index is 1.79. The van der Waals surface area contributed by atoms with E-state index in [1.54, 1.807) is 37.3 Å². The average Bonchev–Trinajstić information content (AvgIpc) is 2.74. The van der Waals surface area contributed by atoms with E-state index in [0.717, 1.165) is 5.56 Å². The van der Waals surface area contributed by atoms with Crippen LogP contribution < -0.4 is 14.8 Å². The fourth-order valence-electron chi connectivity index (χ4n) is 2.49. The zero-order valence-corrected chi connectivity index (χ0v) is 17.2. The molecule has 0 atom stereocenters. The molecule has 8 nitrogen and oxygen atoms in total. The van der Waals surface area contributed by atoms with E-state index in [2.05, 4.69) is 10.1 Å². The molecule has 160 valence electrons. The second kappa shape index (κ2) is 11.5. The number of hydrogen-bond acceptors (Lipinski definition) is 7. The maximum atomic E-state index is 12.1. The van der Waals surface area contributed by atoms with Gasteiger partial charge in [-0.05, 0) is 43.7 Å². The van der Waals surface area contributed by atoms with Gasteiger partial charge in [0.2, 0.25) is 0 Å². The second-order valence-corrected chi connectivity index (χ2v) is 6.21. The highest BCUT2D eigenvalue weighted by Crippen LogP contribution is 2.26. The number of aryl methyl sites for hydroxylation is 1. The molecule has 2 aromatic rings. The van der Waals surface area contributed by atoms with Crippen molar-refractivity contribution in [3.8, 4) is 11.5 Å². The van der Waals surface area contributed by atoms with Gasteiger partial charge in [-0.15, -0.1) is 0 Å². The molecule has 0 aliphatic heterocycles. The second-order valence-electron chi connectivity index (χ2n) is 6.21. The lowest BCUT2D eigenvalue weighted by Crippen LogP contribution is -2.22. The van der Waals surface area contributed by atoms with Crippen LogP contribution in [-0.2, 0) is 19.1 Å². The number of hydrogen-bond donors (Lipinski definition) is 1. The largest absolute Gasteiger partial charge is 0.490 e. The van der Waals surface area contributed by atoms with Crippen molar-refractivity contribution in [3.63, 3.8) is 0 Å². The Morgan fingerprint density at radius 2 is 1.70 bits per heavy atom. The van der Waals surface area contributed by atoms with E-state index in [-0.39, 0.29) is 13.0 Å². The Bertz CT molecular complexity index is 895. The summed E-state index contributed by atoms with van der Waals surface area (Å²) in [5, 5.41) is 2.62. The van der Waals surface area contributed by atoms with Crippen molar-refractivity contribution in [1.82, 2.24) is 0 Å². The third-order valence-corrected chi connectivity index (χ3v) is 4.01. The number of carbonyl (C=O) groups excluding carboxylic acids is 3. The van der Waals surface area contributed by atoms with Crippen molar-refractivity contribution in [1.29, 1.82) is 0 Å². The van der Waals surface area contributed by atoms with E-state index in [0.29, 0.717) is 29.4 Å². The molecule has 0 spiro atoms. The first kappa shape index (κ1) is 22.7. The van der Waals surface area contributed by atoms with Crippen LogP contribution in [0.2, 0.25) is 0 Å². The van der Waals surface area contributed by atoms with Gasteiger partial charge in [-0.1, -0.05) is 18.2 Å². The number of anilines is 1. The number of benzene rings is 2. The maximum absolute atomic E-state index is 12.1. The first-order valence-corrected chi connectivity index (χ1v) is 9.43. The van der Waals surface area contributed by atoms with Crippen molar-refractivity contribution in [2.24, 2.45) is 0 Å². The third kappa shape index (κ3) is 6.80. The molecule has 1 amide bonds. The lowest BCUT2D eigenvalue weighted by molar-refractivity contribution is -0.147. The Hall–Kier alpha value is -3.55. The summed E-state index contributed by atoms with van der Waals surface area (Å²) in [6.45, 7) is 3.78. The van der Waals surface area contributed by atoms with Crippen LogP contribution in [0.3, 0.4) is 0 Å². The molecule has 2 aromatic carbocycles. The van der Waals surface area contributed by atoms with E-state index in [1.165, 1.54) is 13.2 Å². The lowest BCUT2D eigenvalue weighted by atomic mass is 10.1. The number of nitrogens with one attached hydrogen (secondary N) is 1. The predicted octanol–water partition coefficient (Wildman–Crippen LogP) is 3.13. The third-order valence-electron chi connectivity index (χ3n) is 4.01. The molecule has 0 radical (unpaired) electrons. The summed E-state index contributed by atoms with van der Waals surface area (Å²) in [4.78, 5) is 35.6. The topological polar surface area (TPSA) is 100 Å². The van der Waals surface area contributed by atoms with E-state index in [9.17, 15) is 14.4 Å². The number of carbonyl (C=O) groups is 3. The van der Waals surface area contributed by atoms with Crippen LogP contribution in [0, 0.1) is 6.92 Å². The molecule has 2 rings (SSSR count). The fraction of sp³-hybridized carbons (Fsp3) is 0.318. The van der Waals surface area contributed by atoms with E-state index in [4.69, 9.17) is 14.2 Å². The van der Waals surface area contributed by atoms with E-state index in [1.807, 2.05) is 13.0 Å². The molecule has 0 aromatic heterocycles. The van der Waals surface area contributed by atoms with Gasteiger partial charge >= 0.3 is 11.9 Å². The first-order chi connectivity index (χ1) is 14.4. The highest BCUT2D eigenvalue weighted by Gasteiger charge is 2.13. The Morgan fingerprint density at radius 3 is 2.37 bits per heavy atom. The molecule has 30 heavy (non-hydrogen) atoms. The molecule has 0 fully saturated rings. The van der Waals surface area contributed by atoms with Gasteiger partial charge in [0.1, 0.15) is 0 Å². The zero-order chi connectivity index (χ0) is 21.9. The first-order valence-electron chi connectivity index (χ1n) is 9.43. The van der Waals surface area contributed by atoms with Crippen LogP contribution in [0.4, 0.5) is 5.69 Å². The normalized spacial score (nSPS) is 10.1. The number of rotatable bonds is 10. The van der Waals surface area contributed by atoms with Crippen molar-refractivity contribution >= 4 is 23.5 Å². The highest BCUT2D eigenvalue weighted by atomic mass is 16.5. The molecule has 0 bridgehead atoms. The van der Waals surface area contributed by atoms with Crippen LogP contribution in [0.25, 0.3) is 0 Å². The number of methoxy groups -OCH3 is 1. The number of amides is 1. The molecule has 0 aliphatic carbocycles. The highest BCUT2D eigenvalue weighted by molar-refractivity contribution is 5.96. The standard InChI is InChI=1S/C22H25NO7/c1-4-28-18-7-5-6-8-19(18)29-12-11-21(25)30-14-20(24)23-17-13-16(22(26)27-3)10-9-15(17)2/h5-10,13H,4,11-12,14H2,1-3H3,(H,23,24). The van der Waals surface area contributed by atoms with E-state index < -0.39 is 24.5 Å². The summed E-state index contributed by atoms with van der Waals surface area (Å²) in [6, 6.07) is 11.9. The van der Waals surface area contributed by atoms with Gasteiger partial charge < -0.3 is 24.3 Å². The van der Waals surface area contributed by atoms with Gasteiger partial charge in [0, 0.05) is 5.69 Å². The number of para-hydroxylation sites is 2. The van der Waals surface area contributed by atoms with Crippen molar-refractivity contribution in [2.75, 3.05) is 32.2 Å². The molecule has 0 unspecified atom stereocenters. The van der Waals surface area contributed by atoms with Gasteiger partial charge in [-0.3, -0.25) is 9.59 Å². The van der Waals surface area contributed by atoms with Crippen molar-refractivity contribution < 1.29 is 33.3 Å². The minimum atomic E-state index is -0.570. The maximum Gasteiger partial charge on any atom is 0.337 e. The van der Waals surface area contributed by atoms with Crippen LogP contribution in [0.15, 0.2) is 42.5 Å². The summed E-state index contributed by atoms with van der Waals surface area (Å²) >= 11 is 0. The molecule has 0 heterocycles. The SMILES string of the molecule is CCOc1ccccc1OCCC(=O)OCC(=O)Nc1cc(C(=O)OC)ccc1C. The lowest BCUT2D eigenvalue weighted by Gasteiger charge is -2.12. The summed E-state index contributed by atoms with van der Waals surface area (Å²) in [5.74, 6) is -0.471. The molecule has 0 saturated heterocycles. The van der Waals surface area contributed by atoms with Gasteiger partial charge in [0.15, 0.2) is 18.1 Å². The summed E-state index contributed by atoms with van der Waals surface area (Å²) in [7, 11) is 1.28. The molecule has 0 aliphatic rings. The van der Waals surface area contributed by atoms with Crippen LogP contribution in [-0.4, -0.2) is 44.8 Å². The van der Waals surface area contributed by atoms with Crippen LogP contribution >= 0.6 is 0 Å². The predicted molar refractivity (Wildman–Crippen MR) is 110 cm³/mol. The molecule has 1 N–H and O–H groups in total. The number of ether oxygens (including phenoxy) is 4. The van der Waals surface area contributed by atoms with Gasteiger partial charge in [-0.25, -0.2) is 4.79 Å². The molecular formula is C22H25NO7. The number of esters is 2. The molecular weight excluding hydrogens is 390 g/mol. The monoisotopic (exact) mass is 415 g/mol. The Morgan fingerprint density at radius 1 is 1.00 bits per heavy atom. The van der Waals surface area contributed by atoms with Crippen LogP contribution in [0.1, 0.15) is 29.3 Å². The average molecular weight is 415 g/mol. The molecule has 8 heteroatoms. The zero-order valence-electron chi connectivity index (χ0n) is 17.2. The minimum Gasteiger partial charge on any atom is -0.490 e. The van der Waals surface area contributed by atoms with Gasteiger partial charge in [0.05, 0.1) is 32.3 Å².